The van der Waals surface area contributed by atoms with E-state index in [4.69, 9.17) is 0 Å². The zero-order valence-corrected chi connectivity index (χ0v) is 10.5. The summed E-state index contributed by atoms with van der Waals surface area (Å²) in [5.41, 5.74) is 0.697. The Hall–Kier alpha value is -1.26. The van der Waals surface area contributed by atoms with Crippen LogP contribution in [0.2, 0.25) is 0 Å². The van der Waals surface area contributed by atoms with Crippen LogP contribution >= 0.6 is 11.3 Å². The average molecular weight is 250 g/mol. The molecule has 90 valence electrons. The number of nitrogens with zero attached hydrogens (tertiary/aromatic N) is 1. The molecule has 1 atom stereocenters. The summed E-state index contributed by atoms with van der Waals surface area (Å²) in [5, 5.41) is 6.36. The molecule has 0 saturated heterocycles. The lowest BCUT2D eigenvalue weighted by molar-refractivity contribution is 0.502. The maximum Gasteiger partial charge on any atom is 0.127 e. The number of aromatic nitrogens is 1. The van der Waals surface area contributed by atoms with Gasteiger partial charge < -0.3 is 5.32 Å². The minimum atomic E-state index is -0.158. The van der Waals surface area contributed by atoms with Gasteiger partial charge in [-0.1, -0.05) is 25.1 Å². The van der Waals surface area contributed by atoms with Crippen LogP contribution in [0.4, 0.5) is 4.39 Å². The number of thiazole rings is 1. The number of halogens is 1. The molecule has 1 N–H and O–H groups in total. The van der Waals surface area contributed by atoms with Crippen molar-refractivity contribution in [2.45, 2.75) is 25.9 Å². The van der Waals surface area contributed by atoms with Crippen LogP contribution < -0.4 is 5.32 Å². The van der Waals surface area contributed by atoms with Gasteiger partial charge >= 0.3 is 0 Å². The standard InChI is InChI=1S/C13H15FN2S/c1-2-12(13-15-7-8-17-13)16-9-10-5-3-4-6-11(10)14/h3-8,12,16H,2,9H2,1H3. The third-order valence-corrected chi connectivity index (χ3v) is 3.54. The Kier molecular flexibility index (Phi) is 4.23. The van der Waals surface area contributed by atoms with Crippen LogP contribution in [0.25, 0.3) is 0 Å². The summed E-state index contributed by atoms with van der Waals surface area (Å²) in [4.78, 5) is 4.28. The van der Waals surface area contributed by atoms with Crippen LogP contribution in [0, 0.1) is 5.82 Å². The molecule has 0 saturated carbocycles. The molecule has 0 bridgehead atoms. The Morgan fingerprint density at radius 3 is 2.88 bits per heavy atom. The highest BCUT2D eigenvalue weighted by Crippen LogP contribution is 2.19. The van der Waals surface area contributed by atoms with Crippen molar-refractivity contribution >= 4 is 11.3 Å². The first kappa shape index (κ1) is 12.2. The van der Waals surface area contributed by atoms with Gasteiger partial charge in [-0.25, -0.2) is 9.37 Å². The molecule has 4 heteroatoms. The molecule has 0 aliphatic rings. The number of benzene rings is 1. The molecule has 0 aliphatic carbocycles. The normalized spacial score (nSPS) is 12.6. The summed E-state index contributed by atoms with van der Waals surface area (Å²) in [6, 6.07) is 7.05. The first-order valence-corrected chi connectivity index (χ1v) is 6.55. The lowest BCUT2D eigenvalue weighted by Gasteiger charge is -2.14. The molecule has 1 aromatic heterocycles. The minimum absolute atomic E-state index is 0.158. The second-order valence-corrected chi connectivity index (χ2v) is 4.73. The average Bonchev–Trinajstić information content (AvgIpc) is 2.86. The molecular formula is C13H15FN2S. The molecule has 1 unspecified atom stereocenters. The second-order valence-electron chi connectivity index (χ2n) is 3.80. The molecule has 1 aromatic carbocycles. The maximum absolute atomic E-state index is 13.4. The fourth-order valence-corrected chi connectivity index (χ4v) is 2.48. The van der Waals surface area contributed by atoms with E-state index >= 15 is 0 Å². The van der Waals surface area contributed by atoms with Gasteiger partial charge in [-0.2, -0.15) is 0 Å². The summed E-state index contributed by atoms with van der Waals surface area (Å²) < 4.78 is 13.4. The molecule has 1 heterocycles. The largest absolute Gasteiger partial charge is 0.304 e. The van der Waals surface area contributed by atoms with Crippen molar-refractivity contribution in [3.05, 3.63) is 52.2 Å². The lowest BCUT2D eigenvalue weighted by Crippen LogP contribution is -2.20. The Morgan fingerprint density at radius 1 is 1.41 bits per heavy atom. The van der Waals surface area contributed by atoms with Crippen LogP contribution in [-0.4, -0.2) is 4.98 Å². The van der Waals surface area contributed by atoms with E-state index in [1.54, 1.807) is 29.7 Å². The molecular weight excluding hydrogens is 235 g/mol. The summed E-state index contributed by atoms with van der Waals surface area (Å²) in [5.74, 6) is -0.158. The first-order chi connectivity index (χ1) is 8.31. The molecule has 0 amide bonds. The highest BCUT2D eigenvalue weighted by Gasteiger charge is 2.11. The van der Waals surface area contributed by atoms with Gasteiger partial charge in [0.2, 0.25) is 0 Å². The zero-order valence-electron chi connectivity index (χ0n) is 9.69. The van der Waals surface area contributed by atoms with Gasteiger partial charge in [0, 0.05) is 23.7 Å². The summed E-state index contributed by atoms with van der Waals surface area (Å²) >= 11 is 1.63. The van der Waals surface area contributed by atoms with Gasteiger partial charge in [-0.3, -0.25) is 0 Å². The van der Waals surface area contributed by atoms with Gasteiger partial charge in [-0.15, -0.1) is 11.3 Å². The van der Waals surface area contributed by atoms with E-state index in [0.717, 1.165) is 11.4 Å². The monoisotopic (exact) mass is 250 g/mol. The van der Waals surface area contributed by atoms with Crippen LogP contribution in [0.1, 0.15) is 30.0 Å². The van der Waals surface area contributed by atoms with E-state index in [1.165, 1.54) is 6.07 Å². The van der Waals surface area contributed by atoms with Crippen molar-refractivity contribution in [1.29, 1.82) is 0 Å². The molecule has 17 heavy (non-hydrogen) atoms. The van der Waals surface area contributed by atoms with Gasteiger partial charge in [0.1, 0.15) is 10.8 Å². The Morgan fingerprint density at radius 2 is 2.24 bits per heavy atom. The Bertz CT molecular complexity index is 456. The van der Waals surface area contributed by atoms with E-state index in [2.05, 4.69) is 17.2 Å². The van der Waals surface area contributed by atoms with Crippen LogP contribution in [0.5, 0.6) is 0 Å². The van der Waals surface area contributed by atoms with Crippen molar-refractivity contribution in [2.24, 2.45) is 0 Å². The van der Waals surface area contributed by atoms with E-state index < -0.39 is 0 Å². The van der Waals surface area contributed by atoms with Crippen molar-refractivity contribution < 1.29 is 4.39 Å². The molecule has 2 nitrogen and oxygen atoms in total. The van der Waals surface area contributed by atoms with E-state index in [1.807, 2.05) is 11.4 Å². The molecule has 0 spiro atoms. The predicted molar refractivity (Wildman–Crippen MR) is 68.4 cm³/mol. The summed E-state index contributed by atoms with van der Waals surface area (Å²) in [6.45, 7) is 2.63. The number of nitrogens with one attached hydrogen (secondary N) is 1. The fraction of sp³-hybridized carbons (Fsp3) is 0.308. The molecule has 2 rings (SSSR count). The quantitative estimate of drug-likeness (QED) is 0.878. The molecule has 2 aromatic rings. The third kappa shape index (κ3) is 3.11. The number of hydrogen-bond donors (Lipinski definition) is 1. The van der Waals surface area contributed by atoms with Gasteiger partial charge in [0.25, 0.3) is 0 Å². The van der Waals surface area contributed by atoms with Gasteiger partial charge in [0.15, 0.2) is 0 Å². The van der Waals surface area contributed by atoms with E-state index in [-0.39, 0.29) is 11.9 Å². The zero-order chi connectivity index (χ0) is 12.1. The van der Waals surface area contributed by atoms with Crippen molar-refractivity contribution in [2.75, 3.05) is 0 Å². The summed E-state index contributed by atoms with van der Waals surface area (Å²) in [6.07, 6.45) is 2.75. The third-order valence-electron chi connectivity index (χ3n) is 2.65. The van der Waals surface area contributed by atoms with Gasteiger partial charge in [-0.05, 0) is 12.5 Å². The lowest BCUT2D eigenvalue weighted by atomic mass is 10.2. The van der Waals surface area contributed by atoms with Crippen molar-refractivity contribution in [1.82, 2.24) is 10.3 Å². The Balaban J connectivity index is 2.00. The minimum Gasteiger partial charge on any atom is -0.304 e. The first-order valence-electron chi connectivity index (χ1n) is 5.67. The van der Waals surface area contributed by atoms with E-state index in [9.17, 15) is 4.39 Å². The SMILES string of the molecule is CCC(NCc1ccccc1F)c1nccs1. The smallest absolute Gasteiger partial charge is 0.127 e. The van der Waals surface area contributed by atoms with Crippen molar-refractivity contribution in [3.63, 3.8) is 0 Å². The van der Waals surface area contributed by atoms with Gasteiger partial charge in [0.05, 0.1) is 6.04 Å². The summed E-state index contributed by atoms with van der Waals surface area (Å²) in [7, 11) is 0. The highest BCUT2D eigenvalue weighted by molar-refractivity contribution is 7.09. The molecule has 0 radical (unpaired) electrons. The van der Waals surface area contributed by atoms with Crippen LogP contribution in [0.15, 0.2) is 35.8 Å². The van der Waals surface area contributed by atoms with E-state index in [0.29, 0.717) is 12.1 Å². The highest BCUT2D eigenvalue weighted by atomic mass is 32.1. The Labute approximate surface area is 105 Å². The number of hydrogen-bond acceptors (Lipinski definition) is 3. The second kappa shape index (κ2) is 5.89. The molecule has 0 fully saturated rings. The van der Waals surface area contributed by atoms with Crippen LogP contribution in [0.3, 0.4) is 0 Å². The maximum atomic E-state index is 13.4. The van der Waals surface area contributed by atoms with Crippen LogP contribution in [-0.2, 0) is 6.54 Å². The van der Waals surface area contributed by atoms with Crippen molar-refractivity contribution in [3.8, 4) is 0 Å². The predicted octanol–water partition coefficient (Wildman–Crippen LogP) is 3.52. The number of rotatable bonds is 5. The fourth-order valence-electron chi connectivity index (χ4n) is 1.69. The topological polar surface area (TPSA) is 24.9 Å². The molecule has 0 aliphatic heterocycles.